The van der Waals surface area contributed by atoms with Crippen molar-refractivity contribution in [1.29, 1.82) is 0 Å². The molecule has 3 nitrogen and oxygen atoms in total. The lowest BCUT2D eigenvalue weighted by atomic mass is 9.99. The van der Waals surface area contributed by atoms with E-state index in [-0.39, 0.29) is 11.9 Å². The SMILES string of the molecule is CC(NC(=O)c1cc(N)ccc1Cl)C1CCCC1. The molecule has 0 heterocycles. The van der Waals surface area contributed by atoms with Crippen LogP contribution in [0.4, 0.5) is 5.69 Å². The van der Waals surface area contributed by atoms with Crippen LogP contribution >= 0.6 is 11.6 Å². The first kappa shape index (κ1) is 13.2. The minimum atomic E-state index is -0.133. The fraction of sp³-hybridized carbons (Fsp3) is 0.500. The van der Waals surface area contributed by atoms with E-state index in [2.05, 4.69) is 12.2 Å². The van der Waals surface area contributed by atoms with Gasteiger partial charge in [-0.05, 0) is 43.9 Å². The molecule has 0 radical (unpaired) electrons. The summed E-state index contributed by atoms with van der Waals surface area (Å²) in [6, 6.07) is 5.17. The minimum Gasteiger partial charge on any atom is -0.399 e. The Kier molecular flexibility index (Phi) is 4.12. The van der Waals surface area contributed by atoms with Gasteiger partial charge in [0.1, 0.15) is 0 Å². The van der Waals surface area contributed by atoms with Gasteiger partial charge in [0.2, 0.25) is 0 Å². The topological polar surface area (TPSA) is 55.1 Å². The van der Waals surface area contributed by atoms with Crippen LogP contribution in [0.5, 0.6) is 0 Å². The van der Waals surface area contributed by atoms with Crippen LogP contribution in [-0.2, 0) is 0 Å². The summed E-state index contributed by atoms with van der Waals surface area (Å²) in [6.07, 6.45) is 4.94. The van der Waals surface area contributed by atoms with Gasteiger partial charge in [-0.2, -0.15) is 0 Å². The Morgan fingerprint density at radius 3 is 2.78 bits per heavy atom. The summed E-state index contributed by atoms with van der Waals surface area (Å²) < 4.78 is 0. The quantitative estimate of drug-likeness (QED) is 0.826. The highest BCUT2D eigenvalue weighted by atomic mass is 35.5. The Morgan fingerprint density at radius 2 is 2.11 bits per heavy atom. The molecule has 0 aromatic heterocycles. The van der Waals surface area contributed by atoms with Gasteiger partial charge in [-0.15, -0.1) is 0 Å². The fourth-order valence-electron chi connectivity index (χ4n) is 2.58. The van der Waals surface area contributed by atoms with Gasteiger partial charge in [0, 0.05) is 11.7 Å². The maximum atomic E-state index is 12.1. The molecule has 3 N–H and O–H groups in total. The Morgan fingerprint density at radius 1 is 1.44 bits per heavy atom. The van der Waals surface area contributed by atoms with E-state index in [4.69, 9.17) is 17.3 Å². The van der Waals surface area contributed by atoms with Crippen molar-refractivity contribution in [1.82, 2.24) is 5.32 Å². The standard InChI is InChI=1S/C14H19ClN2O/c1-9(10-4-2-3-5-10)17-14(18)12-8-11(16)6-7-13(12)15/h6-10H,2-5,16H2,1H3,(H,17,18). The number of hydrogen-bond donors (Lipinski definition) is 2. The van der Waals surface area contributed by atoms with Crippen molar-refractivity contribution in [2.45, 2.75) is 38.6 Å². The first-order chi connectivity index (χ1) is 8.58. The highest BCUT2D eigenvalue weighted by Gasteiger charge is 2.23. The zero-order chi connectivity index (χ0) is 13.1. The van der Waals surface area contributed by atoms with Gasteiger partial charge < -0.3 is 11.1 Å². The lowest BCUT2D eigenvalue weighted by molar-refractivity contribution is 0.0927. The second-order valence-electron chi connectivity index (χ2n) is 5.05. The minimum absolute atomic E-state index is 0.133. The molecule has 1 aliphatic carbocycles. The van der Waals surface area contributed by atoms with Gasteiger partial charge in [-0.25, -0.2) is 0 Å². The molecule has 0 spiro atoms. The molecular formula is C14H19ClN2O. The van der Waals surface area contributed by atoms with E-state index in [1.54, 1.807) is 18.2 Å². The molecule has 1 aromatic carbocycles. The molecule has 18 heavy (non-hydrogen) atoms. The summed E-state index contributed by atoms with van der Waals surface area (Å²) in [7, 11) is 0. The Bertz CT molecular complexity index is 441. The van der Waals surface area contributed by atoms with E-state index in [0.717, 1.165) is 0 Å². The number of nitrogens with one attached hydrogen (secondary N) is 1. The summed E-state index contributed by atoms with van der Waals surface area (Å²) >= 11 is 6.02. The molecule has 4 heteroatoms. The summed E-state index contributed by atoms with van der Waals surface area (Å²) in [4.78, 5) is 12.1. The van der Waals surface area contributed by atoms with Crippen LogP contribution in [0.2, 0.25) is 5.02 Å². The van der Waals surface area contributed by atoms with Gasteiger partial charge in [0.05, 0.1) is 10.6 Å². The largest absolute Gasteiger partial charge is 0.399 e. The molecule has 1 atom stereocenters. The fourth-order valence-corrected chi connectivity index (χ4v) is 2.78. The molecule has 1 amide bonds. The number of amides is 1. The number of benzene rings is 1. The van der Waals surface area contributed by atoms with Crippen molar-refractivity contribution < 1.29 is 4.79 Å². The highest BCUT2D eigenvalue weighted by Crippen LogP contribution is 2.28. The van der Waals surface area contributed by atoms with Crippen molar-refractivity contribution in [3.63, 3.8) is 0 Å². The molecule has 98 valence electrons. The average Bonchev–Trinajstić information content (AvgIpc) is 2.85. The molecule has 1 fully saturated rings. The molecule has 1 unspecified atom stereocenters. The van der Waals surface area contributed by atoms with Gasteiger partial charge in [0.25, 0.3) is 5.91 Å². The number of carbonyl (C=O) groups is 1. The van der Waals surface area contributed by atoms with Crippen molar-refractivity contribution in [3.8, 4) is 0 Å². The second kappa shape index (κ2) is 5.61. The maximum Gasteiger partial charge on any atom is 0.253 e. The summed E-state index contributed by atoms with van der Waals surface area (Å²) in [5.74, 6) is 0.459. The highest BCUT2D eigenvalue weighted by molar-refractivity contribution is 6.34. The molecule has 1 aromatic rings. The number of halogens is 1. The van der Waals surface area contributed by atoms with Gasteiger partial charge in [-0.1, -0.05) is 24.4 Å². The van der Waals surface area contributed by atoms with Gasteiger partial charge in [0.15, 0.2) is 0 Å². The molecule has 0 bridgehead atoms. The van der Waals surface area contributed by atoms with Crippen LogP contribution in [-0.4, -0.2) is 11.9 Å². The van der Waals surface area contributed by atoms with E-state index < -0.39 is 0 Å². The smallest absolute Gasteiger partial charge is 0.253 e. The Balaban J connectivity index is 2.04. The summed E-state index contributed by atoms with van der Waals surface area (Å²) in [5.41, 5.74) is 6.69. The van der Waals surface area contributed by atoms with E-state index in [1.165, 1.54) is 25.7 Å². The Labute approximate surface area is 113 Å². The van der Waals surface area contributed by atoms with E-state index >= 15 is 0 Å². The molecule has 0 aliphatic heterocycles. The predicted molar refractivity (Wildman–Crippen MR) is 74.8 cm³/mol. The molecule has 1 saturated carbocycles. The number of carbonyl (C=O) groups excluding carboxylic acids is 1. The zero-order valence-corrected chi connectivity index (χ0v) is 11.3. The molecule has 2 rings (SSSR count). The van der Waals surface area contributed by atoms with E-state index in [0.29, 0.717) is 22.2 Å². The lowest BCUT2D eigenvalue weighted by Gasteiger charge is -2.20. The average molecular weight is 267 g/mol. The number of anilines is 1. The molecule has 0 saturated heterocycles. The zero-order valence-electron chi connectivity index (χ0n) is 10.6. The maximum absolute atomic E-state index is 12.1. The van der Waals surface area contributed by atoms with Crippen LogP contribution in [0.15, 0.2) is 18.2 Å². The second-order valence-corrected chi connectivity index (χ2v) is 5.45. The monoisotopic (exact) mass is 266 g/mol. The molecular weight excluding hydrogens is 248 g/mol. The first-order valence-corrected chi connectivity index (χ1v) is 6.81. The number of rotatable bonds is 3. The van der Waals surface area contributed by atoms with Crippen molar-refractivity contribution in [2.75, 3.05) is 5.73 Å². The number of hydrogen-bond acceptors (Lipinski definition) is 2. The van der Waals surface area contributed by atoms with Crippen molar-refractivity contribution >= 4 is 23.2 Å². The van der Waals surface area contributed by atoms with Gasteiger partial charge in [-0.3, -0.25) is 4.79 Å². The van der Waals surface area contributed by atoms with Crippen molar-refractivity contribution in [3.05, 3.63) is 28.8 Å². The van der Waals surface area contributed by atoms with Crippen LogP contribution < -0.4 is 11.1 Å². The van der Waals surface area contributed by atoms with Crippen LogP contribution in [0.25, 0.3) is 0 Å². The van der Waals surface area contributed by atoms with E-state index in [9.17, 15) is 4.79 Å². The molecule has 1 aliphatic rings. The third-order valence-electron chi connectivity index (χ3n) is 3.70. The van der Waals surface area contributed by atoms with Crippen LogP contribution in [0, 0.1) is 5.92 Å². The number of nitrogens with two attached hydrogens (primary N) is 1. The van der Waals surface area contributed by atoms with Gasteiger partial charge >= 0.3 is 0 Å². The van der Waals surface area contributed by atoms with Crippen LogP contribution in [0.3, 0.4) is 0 Å². The summed E-state index contributed by atoms with van der Waals surface area (Å²) in [6.45, 7) is 2.06. The number of nitrogen functional groups attached to an aromatic ring is 1. The third kappa shape index (κ3) is 2.96. The predicted octanol–water partition coefficient (Wildman–Crippen LogP) is 3.23. The van der Waals surface area contributed by atoms with Crippen molar-refractivity contribution in [2.24, 2.45) is 5.92 Å². The first-order valence-electron chi connectivity index (χ1n) is 6.44. The van der Waals surface area contributed by atoms with E-state index in [1.807, 2.05) is 0 Å². The summed E-state index contributed by atoms with van der Waals surface area (Å²) in [5, 5.41) is 3.47. The van der Waals surface area contributed by atoms with Crippen LogP contribution in [0.1, 0.15) is 43.0 Å². The normalized spacial score (nSPS) is 17.7. The Hall–Kier alpha value is -1.22. The third-order valence-corrected chi connectivity index (χ3v) is 4.03. The lowest BCUT2D eigenvalue weighted by Crippen LogP contribution is -2.37.